The number of phenolic OH excluding ortho intramolecular Hbond substituents is 2. The molecule has 0 aliphatic carbocycles. The van der Waals surface area contributed by atoms with Crippen molar-refractivity contribution in [2.75, 3.05) is 6.54 Å². The van der Waals surface area contributed by atoms with Gasteiger partial charge in [-0.25, -0.2) is 0 Å². The van der Waals surface area contributed by atoms with Gasteiger partial charge in [-0.15, -0.1) is 0 Å². The topological polar surface area (TPSA) is 66.5 Å². The van der Waals surface area contributed by atoms with Crippen molar-refractivity contribution in [3.8, 4) is 11.5 Å². The molecule has 0 fully saturated rings. The molecule has 1 rings (SSSR count). The van der Waals surface area contributed by atoms with Crippen LogP contribution in [-0.4, -0.2) is 16.8 Å². The summed E-state index contributed by atoms with van der Waals surface area (Å²) >= 11 is 0. The number of hydrogen-bond donors (Lipinski definition) is 3. The summed E-state index contributed by atoms with van der Waals surface area (Å²) in [5.41, 5.74) is 6.83. The molecule has 1 aromatic rings. The fourth-order valence-electron chi connectivity index (χ4n) is 1.32. The summed E-state index contributed by atoms with van der Waals surface area (Å²) in [6, 6.07) is 3.12. The van der Waals surface area contributed by atoms with Gasteiger partial charge in [0.15, 0.2) is 0 Å². The SMILES string of the molecule is Cc1cc(O)cc(CCCN)c1O. The molecule has 0 aliphatic heterocycles. The highest BCUT2D eigenvalue weighted by Crippen LogP contribution is 2.27. The summed E-state index contributed by atoms with van der Waals surface area (Å²) in [7, 11) is 0. The molecule has 0 unspecified atom stereocenters. The van der Waals surface area contributed by atoms with E-state index < -0.39 is 0 Å². The zero-order chi connectivity index (χ0) is 9.84. The first-order chi connectivity index (χ1) is 6.15. The second-order valence-corrected chi connectivity index (χ2v) is 3.16. The van der Waals surface area contributed by atoms with Gasteiger partial charge in [0.1, 0.15) is 11.5 Å². The molecule has 0 amide bonds. The van der Waals surface area contributed by atoms with E-state index in [1.165, 1.54) is 0 Å². The van der Waals surface area contributed by atoms with Crippen molar-refractivity contribution in [2.45, 2.75) is 19.8 Å². The quantitative estimate of drug-likeness (QED) is 0.616. The maximum atomic E-state index is 9.60. The van der Waals surface area contributed by atoms with Crippen LogP contribution in [-0.2, 0) is 6.42 Å². The van der Waals surface area contributed by atoms with Gasteiger partial charge in [0.25, 0.3) is 0 Å². The van der Waals surface area contributed by atoms with Gasteiger partial charge >= 0.3 is 0 Å². The van der Waals surface area contributed by atoms with Crippen LogP contribution in [0.15, 0.2) is 12.1 Å². The molecule has 0 atom stereocenters. The second-order valence-electron chi connectivity index (χ2n) is 3.16. The van der Waals surface area contributed by atoms with Crippen molar-refractivity contribution in [3.63, 3.8) is 0 Å². The molecule has 13 heavy (non-hydrogen) atoms. The fourth-order valence-corrected chi connectivity index (χ4v) is 1.32. The molecule has 0 spiro atoms. The van der Waals surface area contributed by atoms with E-state index in [9.17, 15) is 10.2 Å². The lowest BCUT2D eigenvalue weighted by Crippen LogP contribution is -2.00. The van der Waals surface area contributed by atoms with Crippen LogP contribution in [0.5, 0.6) is 11.5 Å². The van der Waals surface area contributed by atoms with E-state index >= 15 is 0 Å². The molecule has 3 heteroatoms. The molecule has 3 nitrogen and oxygen atoms in total. The highest BCUT2D eigenvalue weighted by atomic mass is 16.3. The molecule has 4 N–H and O–H groups in total. The average molecular weight is 181 g/mol. The normalized spacial score (nSPS) is 10.3. The van der Waals surface area contributed by atoms with Gasteiger partial charge in [-0.1, -0.05) is 0 Å². The number of aromatic hydroxyl groups is 2. The Morgan fingerprint density at radius 2 is 2.00 bits per heavy atom. The zero-order valence-electron chi connectivity index (χ0n) is 7.75. The van der Waals surface area contributed by atoms with Gasteiger partial charge in [0.05, 0.1) is 0 Å². The first-order valence-electron chi connectivity index (χ1n) is 4.36. The molecule has 0 radical (unpaired) electrons. The second kappa shape index (κ2) is 4.14. The lowest BCUT2D eigenvalue weighted by atomic mass is 10.0. The van der Waals surface area contributed by atoms with Crippen LogP contribution in [0.3, 0.4) is 0 Å². The van der Waals surface area contributed by atoms with Gasteiger partial charge < -0.3 is 15.9 Å². The van der Waals surface area contributed by atoms with Gasteiger partial charge in [0, 0.05) is 0 Å². The molecule has 0 heterocycles. The Kier molecular flexibility index (Phi) is 3.14. The van der Waals surface area contributed by atoms with Crippen LogP contribution in [0.25, 0.3) is 0 Å². The highest BCUT2D eigenvalue weighted by molar-refractivity contribution is 5.45. The Hall–Kier alpha value is -1.22. The van der Waals surface area contributed by atoms with Crippen LogP contribution < -0.4 is 5.73 Å². The van der Waals surface area contributed by atoms with Crippen molar-refractivity contribution in [2.24, 2.45) is 5.73 Å². The maximum absolute atomic E-state index is 9.60. The minimum absolute atomic E-state index is 0.197. The number of hydrogen-bond acceptors (Lipinski definition) is 3. The van der Waals surface area contributed by atoms with Gasteiger partial charge in [-0.3, -0.25) is 0 Å². The van der Waals surface area contributed by atoms with Gasteiger partial charge in [0.2, 0.25) is 0 Å². The monoisotopic (exact) mass is 181 g/mol. The molecule has 72 valence electrons. The Morgan fingerprint density at radius 1 is 1.31 bits per heavy atom. The summed E-state index contributed by atoms with van der Waals surface area (Å²) in [5.74, 6) is 0.466. The molecule has 0 saturated heterocycles. The van der Waals surface area contributed by atoms with E-state index in [0.717, 1.165) is 12.0 Å². The molecule has 0 bridgehead atoms. The van der Waals surface area contributed by atoms with Crippen molar-refractivity contribution in [1.29, 1.82) is 0 Å². The van der Waals surface area contributed by atoms with E-state index in [4.69, 9.17) is 5.73 Å². The first-order valence-corrected chi connectivity index (χ1v) is 4.36. The molecular formula is C10H15NO2. The lowest BCUT2D eigenvalue weighted by molar-refractivity contribution is 0.449. The Balaban J connectivity index is 2.92. The molecule has 0 saturated carbocycles. The number of rotatable bonds is 3. The Bertz CT molecular complexity index is 297. The summed E-state index contributed by atoms with van der Waals surface area (Å²) < 4.78 is 0. The summed E-state index contributed by atoms with van der Waals surface area (Å²) in [6.45, 7) is 2.36. The van der Waals surface area contributed by atoms with Crippen molar-refractivity contribution in [3.05, 3.63) is 23.3 Å². The van der Waals surface area contributed by atoms with Crippen LogP contribution >= 0.6 is 0 Å². The Labute approximate surface area is 77.8 Å². The highest BCUT2D eigenvalue weighted by Gasteiger charge is 2.05. The third-order valence-electron chi connectivity index (χ3n) is 2.01. The molecular weight excluding hydrogens is 166 g/mol. The lowest BCUT2D eigenvalue weighted by Gasteiger charge is -2.07. The third kappa shape index (κ3) is 2.36. The summed E-state index contributed by atoms with van der Waals surface area (Å²) in [6.07, 6.45) is 1.52. The van der Waals surface area contributed by atoms with Crippen molar-refractivity contribution < 1.29 is 10.2 Å². The first kappa shape index (κ1) is 9.86. The number of benzene rings is 1. The molecule has 0 aliphatic rings. The maximum Gasteiger partial charge on any atom is 0.121 e. The van der Waals surface area contributed by atoms with E-state index in [0.29, 0.717) is 18.5 Å². The fraction of sp³-hybridized carbons (Fsp3) is 0.400. The van der Waals surface area contributed by atoms with E-state index in [2.05, 4.69) is 0 Å². The Morgan fingerprint density at radius 3 is 2.62 bits per heavy atom. The van der Waals surface area contributed by atoms with Crippen LogP contribution in [0.2, 0.25) is 0 Å². The zero-order valence-corrected chi connectivity index (χ0v) is 7.75. The van der Waals surface area contributed by atoms with Crippen molar-refractivity contribution >= 4 is 0 Å². The number of aryl methyl sites for hydroxylation is 2. The standard InChI is InChI=1S/C10H15NO2/c1-7-5-9(12)6-8(10(7)13)3-2-4-11/h5-6,12-13H,2-4,11H2,1H3. The molecule has 1 aromatic carbocycles. The predicted molar refractivity (Wildman–Crippen MR) is 51.9 cm³/mol. The number of phenols is 2. The molecule has 0 aromatic heterocycles. The number of nitrogens with two attached hydrogens (primary N) is 1. The van der Waals surface area contributed by atoms with Gasteiger partial charge in [-0.2, -0.15) is 0 Å². The predicted octanol–water partition coefficient (Wildman–Crippen LogP) is 1.30. The average Bonchev–Trinajstić information content (AvgIpc) is 2.09. The van der Waals surface area contributed by atoms with E-state index in [-0.39, 0.29) is 11.5 Å². The largest absolute Gasteiger partial charge is 0.508 e. The summed E-state index contributed by atoms with van der Waals surface area (Å²) in [5, 5.41) is 18.9. The van der Waals surface area contributed by atoms with Crippen LogP contribution in [0, 0.1) is 6.92 Å². The van der Waals surface area contributed by atoms with E-state index in [1.807, 2.05) is 0 Å². The van der Waals surface area contributed by atoms with Crippen molar-refractivity contribution in [1.82, 2.24) is 0 Å². The summed E-state index contributed by atoms with van der Waals surface area (Å²) in [4.78, 5) is 0. The minimum atomic E-state index is 0.197. The van der Waals surface area contributed by atoms with Gasteiger partial charge in [-0.05, 0) is 49.6 Å². The smallest absolute Gasteiger partial charge is 0.121 e. The van der Waals surface area contributed by atoms with E-state index in [1.54, 1.807) is 19.1 Å². The van der Waals surface area contributed by atoms with Crippen LogP contribution in [0.1, 0.15) is 17.5 Å². The van der Waals surface area contributed by atoms with Crippen LogP contribution in [0.4, 0.5) is 0 Å². The third-order valence-corrected chi connectivity index (χ3v) is 2.01. The minimum Gasteiger partial charge on any atom is -0.508 e.